The van der Waals surface area contributed by atoms with Gasteiger partial charge in [0.2, 0.25) is 0 Å². The third kappa shape index (κ3) is 12.3. The third-order valence-electron chi connectivity index (χ3n) is 5.43. The van der Waals surface area contributed by atoms with Gasteiger partial charge in [0, 0.05) is 34.8 Å². The van der Waals surface area contributed by atoms with E-state index in [1.54, 1.807) is 12.1 Å². The quantitative estimate of drug-likeness (QED) is 0.199. The predicted octanol–water partition coefficient (Wildman–Crippen LogP) is 6.52. The van der Waals surface area contributed by atoms with Crippen LogP contribution in [0.2, 0.25) is 5.02 Å². The Kier molecular flexibility index (Phi) is 13.3. The lowest BCUT2D eigenvalue weighted by molar-refractivity contribution is -0.135. The second-order valence-electron chi connectivity index (χ2n) is 8.32. The SMILES string of the molecule is O=C(O)CNC(=O)c1ccc(NCCCCCCCCCCCC#Cc2ccc(Cl)cc2)cc1. The van der Waals surface area contributed by atoms with Crippen molar-refractivity contribution in [2.24, 2.45) is 0 Å². The van der Waals surface area contributed by atoms with Crippen LogP contribution in [0.25, 0.3) is 0 Å². The van der Waals surface area contributed by atoms with Gasteiger partial charge in [-0.2, -0.15) is 0 Å². The molecular formula is C28H35ClN2O3. The number of carbonyl (C=O) groups is 2. The lowest BCUT2D eigenvalue weighted by Crippen LogP contribution is -2.29. The van der Waals surface area contributed by atoms with Crippen molar-refractivity contribution in [3.05, 3.63) is 64.7 Å². The molecule has 0 spiro atoms. The van der Waals surface area contributed by atoms with Crippen LogP contribution >= 0.6 is 11.6 Å². The monoisotopic (exact) mass is 482 g/mol. The zero-order valence-corrected chi connectivity index (χ0v) is 20.5. The minimum absolute atomic E-state index is 0.375. The van der Waals surface area contributed by atoms with E-state index in [0.29, 0.717) is 5.56 Å². The lowest BCUT2D eigenvalue weighted by Gasteiger charge is -2.08. The number of carboxylic acid groups (broad SMARTS) is 1. The summed E-state index contributed by atoms with van der Waals surface area (Å²) in [6, 6.07) is 14.8. The molecule has 0 bridgehead atoms. The molecule has 3 N–H and O–H groups in total. The highest BCUT2D eigenvalue weighted by atomic mass is 35.5. The van der Waals surface area contributed by atoms with Crippen molar-refractivity contribution >= 4 is 29.2 Å². The minimum atomic E-state index is -1.06. The molecular weight excluding hydrogens is 448 g/mol. The smallest absolute Gasteiger partial charge is 0.322 e. The maximum Gasteiger partial charge on any atom is 0.322 e. The third-order valence-corrected chi connectivity index (χ3v) is 5.68. The Hall–Kier alpha value is -2.97. The summed E-state index contributed by atoms with van der Waals surface area (Å²) in [5.74, 6) is 4.99. The molecule has 0 saturated heterocycles. The Bertz CT molecular complexity index is 931. The minimum Gasteiger partial charge on any atom is -0.480 e. The number of carbonyl (C=O) groups excluding carboxylic acids is 1. The van der Waals surface area contributed by atoms with E-state index >= 15 is 0 Å². The summed E-state index contributed by atoms with van der Waals surface area (Å²) < 4.78 is 0. The second-order valence-corrected chi connectivity index (χ2v) is 8.76. The average Bonchev–Trinajstić information content (AvgIpc) is 2.84. The number of rotatable bonds is 15. The van der Waals surface area contributed by atoms with Crippen molar-refractivity contribution in [2.45, 2.75) is 64.2 Å². The van der Waals surface area contributed by atoms with Crippen molar-refractivity contribution < 1.29 is 14.7 Å². The van der Waals surface area contributed by atoms with Gasteiger partial charge in [-0.15, -0.1) is 0 Å². The zero-order chi connectivity index (χ0) is 24.4. The van der Waals surface area contributed by atoms with Crippen molar-refractivity contribution in [3.63, 3.8) is 0 Å². The Morgan fingerprint density at radius 1 is 0.794 bits per heavy atom. The van der Waals surface area contributed by atoms with Crippen molar-refractivity contribution in [3.8, 4) is 11.8 Å². The fourth-order valence-electron chi connectivity index (χ4n) is 3.50. The van der Waals surface area contributed by atoms with Crippen molar-refractivity contribution in [1.82, 2.24) is 5.32 Å². The molecule has 0 heterocycles. The number of aliphatic carboxylic acids is 1. The number of halogens is 1. The second kappa shape index (κ2) is 16.6. The maximum absolute atomic E-state index is 11.8. The van der Waals surface area contributed by atoms with E-state index in [1.807, 2.05) is 36.4 Å². The number of benzene rings is 2. The number of amides is 1. The molecule has 6 heteroatoms. The van der Waals surface area contributed by atoms with Gasteiger partial charge < -0.3 is 15.7 Å². The van der Waals surface area contributed by atoms with E-state index in [4.69, 9.17) is 16.7 Å². The molecule has 2 rings (SSSR count). The molecule has 0 aliphatic heterocycles. The molecule has 0 unspecified atom stereocenters. The molecule has 2 aromatic rings. The number of unbranched alkanes of at least 4 members (excludes halogenated alkanes) is 9. The number of hydrogen-bond acceptors (Lipinski definition) is 3. The Balaban J connectivity index is 1.40. The van der Waals surface area contributed by atoms with Crippen molar-refractivity contribution in [2.75, 3.05) is 18.4 Å². The van der Waals surface area contributed by atoms with E-state index in [1.165, 1.54) is 51.4 Å². The molecule has 0 fully saturated rings. The van der Waals surface area contributed by atoms with Gasteiger partial charge in [0.15, 0.2) is 0 Å². The van der Waals surface area contributed by atoms with Crippen LogP contribution in [0.4, 0.5) is 5.69 Å². The Morgan fingerprint density at radius 2 is 1.38 bits per heavy atom. The first-order chi connectivity index (χ1) is 16.5. The van der Waals surface area contributed by atoms with Gasteiger partial charge in [-0.1, -0.05) is 68.4 Å². The summed E-state index contributed by atoms with van der Waals surface area (Å²) in [6.45, 7) is 0.529. The fraction of sp³-hybridized carbons (Fsp3) is 0.429. The first-order valence-corrected chi connectivity index (χ1v) is 12.5. The largest absolute Gasteiger partial charge is 0.480 e. The molecule has 0 saturated carbocycles. The van der Waals surface area contributed by atoms with E-state index < -0.39 is 5.97 Å². The van der Waals surface area contributed by atoms with Crippen LogP contribution in [0.3, 0.4) is 0 Å². The number of carboxylic acids is 1. The number of nitrogens with one attached hydrogen (secondary N) is 2. The van der Waals surface area contributed by atoms with Crippen LogP contribution in [0, 0.1) is 11.8 Å². The van der Waals surface area contributed by atoms with E-state index in [-0.39, 0.29) is 12.5 Å². The van der Waals surface area contributed by atoms with E-state index in [9.17, 15) is 9.59 Å². The maximum atomic E-state index is 11.8. The summed E-state index contributed by atoms with van der Waals surface area (Å²) in [7, 11) is 0. The number of hydrogen-bond donors (Lipinski definition) is 3. The molecule has 182 valence electrons. The van der Waals surface area contributed by atoms with E-state index in [0.717, 1.165) is 35.7 Å². The molecule has 34 heavy (non-hydrogen) atoms. The molecule has 0 aliphatic rings. The highest BCUT2D eigenvalue weighted by molar-refractivity contribution is 6.30. The highest BCUT2D eigenvalue weighted by Crippen LogP contribution is 2.13. The Labute approximate surface area is 208 Å². The van der Waals surface area contributed by atoms with Crippen LogP contribution < -0.4 is 10.6 Å². The molecule has 5 nitrogen and oxygen atoms in total. The normalized spacial score (nSPS) is 10.3. The summed E-state index contributed by atoms with van der Waals surface area (Å²) in [5, 5.41) is 15.1. The van der Waals surface area contributed by atoms with Gasteiger partial charge in [-0.25, -0.2) is 0 Å². The summed E-state index contributed by atoms with van der Waals surface area (Å²) in [4.78, 5) is 22.3. The van der Waals surface area contributed by atoms with E-state index in [2.05, 4.69) is 22.5 Å². The molecule has 1 amide bonds. The fourth-order valence-corrected chi connectivity index (χ4v) is 3.63. The van der Waals surface area contributed by atoms with Crippen LogP contribution in [0.1, 0.15) is 80.1 Å². The average molecular weight is 483 g/mol. The van der Waals surface area contributed by atoms with Crippen LogP contribution in [0.5, 0.6) is 0 Å². The van der Waals surface area contributed by atoms with Crippen LogP contribution in [-0.4, -0.2) is 30.1 Å². The lowest BCUT2D eigenvalue weighted by atomic mass is 10.1. The molecule has 0 aliphatic carbocycles. The topological polar surface area (TPSA) is 78.4 Å². The number of anilines is 1. The van der Waals surface area contributed by atoms with Gasteiger partial charge in [0.25, 0.3) is 5.91 Å². The summed E-state index contributed by atoms with van der Waals surface area (Å²) in [6.07, 6.45) is 12.1. The van der Waals surface area contributed by atoms with Crippen LogP contribution in [-0.2, 0) is 4.79 Å². The Morgan fingerprint density at radius 3 is 2.00 bits per heavy atom. The van der Waals surface area contributed by atoms with Crippen molar-refractivity contribution in [1.29, 1.82) is 0 Å². The molecule has 2 aromatic carbocycles. The standard InChI is InChI=1S/C28H35ClN2O3/c29-25-17-13-23(14-18-25)12-10-8-6-4-2-1-3-5-7-9-11-21-30-26-19-15-24(16-20-26)28(34)31-22-27(32)33/h13-20,30H,1-9,11,21-22H2,(H,31,34)(H,32,33). The first kappa shape index (κ1) is 27.3. The molecule has 0 atom stereocenters. The first-order valence-electron chi connectivity index (χ1n) is 12.1. The molecule has 0 aromatic heterocycles. The zero-order valence-electron chi connectivity index (χ0n) is 19.7. The van der Waals surface area contributed by atoms with Gasteiger partial charge in [0.05, 0.1) is 0 Å². The van der Waals surface area contributed by atoms with Gasteiger partial charge in [-0.3, -0.25) is 9.59 Å². The predicted molar refractivity (Wildman–Crippen MR) is 139 cm³/mol. The van der Waals surface area contributed by atoms with Gasteiger partial charge in [-0.05, 0) is 61.4 Å². The van der Waals surface area contributed by atoms with Crippen LogP contribution in [0.15, 0.2) is 48.5 Å². The molecule has 0 radical (unpaired) electrons. The van der Waals surface area contributed by atoms with Gasteiger partial charge >= 0.3 is 5.97 Å². The summed E-state index contributed by atoms with van der Waals surface area (Å²) >= 11 is 5.87. The van der Waals surface area contributed by atoms with Gasteiger partial charge in [0.1, 0.15) is 6.54 Å². The summed E-state index contributed by atoms with van der Waals surface area (Å²) in [5.41, 5.74) is 2.45. The highest BCUT2D eigenvalue weighted by Gasteiger charge is 2.06.